The molecule has 1 aliphatic carbocycles. The molecular formula is C17H28N2S. The number of likely N-dealkylation sites (tertiary alicyclic amines) is 1. The Morgan fingerprint density at radius 1 is 1.15 bits per heavy atom. The minimum atomic E-state index is 0.453. The standard InChI is InChI=1S/C17H28N2S/c1-14-5-6-16(20-14)15(13-18)19-11-9-17(10-12-19)7-3-2-4-8-17/h5-6,15H,2-4,7-13,18H2,1H3. The lowest BCUT2D eigenvalue weighted by Gasteiger charge is -2.46. The molecule has 0 bridgehead atoms. The second-order valence-corrected chi connectivity index (χ2v) is 8.12. The lowest BCUT2D eigenvalue weighted by molar-refractivity contribution is 0.0472. The van der Waals surface area contributed by atoms with Crippen LogP contribution in [0.3, 0.4) is 0 Å². The molecule has 0 aromatic carbocycles. The Morgan fingerprint density at radius 2 is 1.85 bits per heavy atom. The molecule has 2 heterocycles. The van der Waals surface area contributed by atoms with Gasteiger partial charge in [-0.2, -0.15) is 0 Å². The number of thiophene rings is 1. The van der Waals surface area contributed by atoms with E-state index < -0.39 is 0 Å². The van der Waals surface area contributed by atoms with Crippen LogP contribution in [-0.2, 0) is 0 Å². The van der Waals surface area contributed by atoms with Crippen LogP contribution in [0.2, 0.25) is 0 Å². The summed E-state index contributed by atoms with van der Waals surface area (Å²) in [6.07, 6.45) is 10.1. The Kier molecular flexibility index (Phi) is 4.49. The van der Waals surface area contributed by atoms with Crippen LogP contribution >= 0.6 is 11.3 Å². The topological polar surface area (TPSA) is 29.3 Å². The van der Waals surface area contributed by atoms with E-state index in [1.54, 1.807) is 0 Å². The molecule has 2 N–H and O–H groups in total. The molecule has 3 heteroatoms. The van der Waals surface area contributed by atoms with Crippen molar-refractivity contribution in [3.8, 4) is 0 Å². The molecule has 1 spiro atoms. The fraction of sp³-hybridized carbons (Fsp3) is 0.765. The van der Waals surface area contributed by atoms with Gasteiger partial charge in [-0.05, 0) is 63.2 Å². The average Bonchev–Trinajstić information content (AvgIpc) is 2.89. The average molecular weight is 292 g/mol. The molecule has 0 radical (unpaired) electrons. The second-order valence-electron chi connectivity index (χ2n) is 6.80. The highest BCUT2D eigenvalue weighted by Crippen LogP contribution is 2.45. The summed E-state index contributed by atoms with van der Waals surface area (Å²) in [6.45, 7) is 5.44. The van der Waals surface area contributed by atoms with E-state index in [0.29, 0.717) is 11.5 Å². The molecule has 2 aliphatic rings. The summed E-state index contributed by atoms with van der Waals surface area (Å²) in [6, 6.07) is 4.97. The van der Waals surface area contributed by atoms with Gasteiger partial charge < -0.3 is 5.73 Å². The van der Waals surface area contributed by atoms with E-state index in [9.17, 15) is 0 Å². The molecule has 1 atom stereocenters. The van der Waals surface area contributed by atoms with Gasteiger partial charge in [-0.1, -0.05) is 19.3 Å². The minimum absolute atomic E-state index is 0.453. The summed E-state index contributed by atoms with van der Waals surface area (Å²) >= 11 is 1.92. The third kappa shape index (κ3) is 2.95. The van der Waals surface area contributed by atoms with Crippen molar-refractivity contribution in [2.75, 3.05) is 19.6 Å². The number of hydrogen-bond acceptors (Lipinski definition) is 3. The molecule has 3 rings (SSSR count). The van der Waals surface area contributed by atoms with Crippen molar-refractivity contribution in [1.29, 1.82) is 0 Å². The molecular weight excluding hydrogens is 264 g/mol. The summed E-state index contributed by atoms with van der Waals surface area (Å²) in [5.74, 6) is 0. The summed E-state index contributed by atoms with van der Waals surface area (Å²) in [7, 11) is 0. The zero-order valence-electron chi connectivity index (χ0n) is 12.7. The molecule has 0 amide bonds. The van der Waals surface area contributed by atoms with E-state index in [2.05, 4.69) is 24.0 Å². The molecule has 1 saturated carbocycles. The molecule has 1 saturated heterocycles. The summed E-state index contributed by atoms with van der Waals surface area (Å²) in [5.41, 5.74) is 6.77. The smallest absolute Gasteiger partial charge is 0.0564 e. The first-order valence-electron chi connectivity index (χ1n) is 8.23. The first kappa shape index (κ1) is 14.6. The highest BCUT2D eigenvalue weighted by Gasteiger charge is 2.37. The summed E-state index contributed by atoms with van der Waals surface area (Å²) in [5, 5.41) is 0. The molecule has 1 aromatic heterocycles. The van der Waals surface area contributed by atoms with Crippen molar-refractivity contribution in [2.24, 2.45) is 11.1 Å². The molecule has 112 valence electrons. The van der Waals surface area contributed by atoms with Gasteiger partial charge in [0.2, 0.25) is 0 Å². The van der Waals surface area contributed by atoms with Crippen LogP contribution in [0.5, 0.6) is 0 Å². The van der Waals surface area contributed by atoms with Crippen LogP contribution < -0.4 is 5.73 Å². The van der Waals surface area contributed by atoms with Gasteiger partial charge in [0.15, 0.2) is 0 Å². The Labute approximate surface area is 127 Å². The van der Waals surface area contributed by atoms with E-state index in [-0.39, 0.29) is 0 Å². The highest BCUT2D eigenvalue weighted by molar-refractivity contribution is 7.12. The van der Waals surface area contributed by atoms with Gasteiger partial charge in [-0.15, -0.1) is 11.3 Å². The third-order valence-corrected chi connectivity index (χ3v) is 6.63. The van der Waals surface area contributed by atoms with Crippen molar-refractivity contribution >= 4 is 11.3 Å². The molecule has 1 aromatic rings. The number of nitrogens with two attached hydrogens (primary N) is 1. The molecule has 1 unspecified atom stereocenters. The fourth-order valence-electron chi connectivity index (χ4n) is 4.19. The van der Waals surface area contributed by atoms with Crippen molar-refractivity contribution in [2.45, 2.75) is 57.9 Å². The zero-order valence-corrected chi connectivity index (χ0v) is 13.6. The fourth-order valence-corrected chi connectivity index (χ4v) is 5.21. The van der Waals surface area contributed by atoms with Crippen LogP contribution in [-0.4, -0.2) is 24.5 Å². The van der Waals surface area contributed by atoms with Gasteiger partial charge >= 0.3 is 0 Å². The third-order valence-electron chi connectivity index (χ3n) is 5.53. The largest absolute Gasteiger partial charge is 0.329 e. The SMILES string of the molecule is Cc1ccc(C(CN)N2CCC3(CCCCC3)CC2)s1. The Balaban J connectivity index is 1.64. The Morgan fingerprint density at radius 3 is 2.40 bits per heavy atom. The van der Waals surface area contributed by atoms with E-state index in [4.69, 9.17) is 5.73 Å². The zero-order chi connectivity index (χ0) is 14.0. The summed E-state index contributed by atoms with van der Waals surface area (Å²) < 4.78 is 0. The maximum absolute atomic E-state index is 6.08. The van der Waals surface area contributed by atoms with Crippen molar-refractivity contribution in [3.63, 3.8) is 0 Å². The van der Waals surface area contributed by atoms with E-state index in [1.807, 2.05) is 11.3 Å². The Hall–Kier alpha value is -0.380. The first-order chi connectivity index (χ1) is 9.72. The van der Waals surface area contributed by atoms with Crippen LogP contribution in [0.15, 0.2) is 12.1 Å². The van der Waals surface area contributed by atoms with E-state index in [1.165, 1.54) is 67.8 Å². The molecule has 2 nitrogen and oxygen atoms in total. The van der Waals surface area contributed by atoms with Crippen LogP contribution in [0.25, 0.3) is 0 Å². The number of piperidine rings is 1. The van der Waals surface area contributed by atoms with Gasteiger partial charge in [-0.25, -0.2) is 0 Å². The van der Waals surface area contributed by atoms with Gasteiger partial charge in [0, 0.05) is 16.3 Å². The number of aryl methyl sites for hydroxylation is 1. The lowest BCUT2D eigenvalue weighted by atomic mass is 9.68. The van der Waals surface area contributed by atoms with Crippen LogP contribution in [0, 0.1) is 12.3 Å². The highest BCUT2D eigenvalue weighted by atomic mass is 32.1. The molecule has 20 heavy (non-hydrogen) atoms. The van der Waals surface area contributed by atoms with Gasteiger partial charge in [0.25, 0.3) is 0 Å². The first-order valence-corrected chi connectivity index (χ1v) is 9.05. The molecule has 1 aliphatic heterocycles. The Bertz CT molecular complexity index is 424. The number of hydrogen-bond donors (Lipinski definition) is 1. The predicted octanol–water partition coefficient (Wildman–Crippen LogP) is 4.10. The van der Waals surface area contributed by atoms with Crippen molar-refractivity contribution in [1.82, 2.24) is 4.90 Å². The lowest BCUT2D eigenvalue weighted by Crippen LogP contribution is -2.44. The van der Waals surface area contributed by atoms with E-state index >= 15 is 0 Å². The van der Waals surface area contributed by atoms with Crippen molar-refractivity contribution in [3.05, 3.63) is 21.9 Å². The summed E-state index contributed by atoms with van der Waals surface area (Å²) in [4.78, 5) is 5.51. The normalized spacial score (nSPS) is 24.9. The quantitative estimate of drug-likeness (QED) is 0.908. The molecule has 2 fully saturated rings. The van der Waals surface area contributed by atoms with Crippen molar-refractivity contribution < 1.29 is 0 Å². The second kappa shape index (κ2) is 6.17. The van der Waals surface area contributed by atoms with Gasteiger partial charge in [0.05, 0.1) is 6.04 Å². The van der Waals surface area contributed by atoms with Gasteiger partial charge in [-0.3, -0.25) is 4.90 Å². The predicted molar refractivity (Wildman–Crippen MR) is 87.2 cm³/mol. The van der Waals surface area contributed by atoms with Gasteiger partial charge in [0.1, 0.15) is 0 Å². The number of rotatable bonds is 3. The monoisotopic (exact) mass is 292 g/mol. The van der Waals surface area contributed by atoms with Crippen LogP contribution in [0.4, 0.5) is 0 Å². The maximum atomic E-state index is 6.08. The maximum Gasteiger partial charge on any atom is 0.0564 e. The van der Waals surface area contributed by atoms with E-state index in [0.717, 1.165) is 6.54 Å². The minimum Gasteiger partial charge on any atom is -0.329 e. The number of nitrogens with zero attached hydrogens (tertiary/aromatic N) is 1. The van der Waals surface area contributed by atoms with Crippen LogP contribution in [0.1, 0.15) is 60.7 Å².